The first kappa shape index (κ1) is 38.0. The van der Waals surface area contributed by atoms with Crippen LogP contribution in [0.4, 0.5) is 17.1 Å². The number of allylic oxidation sites excluding steroid dienone is 4. The van der Waals surface area contributed by atoms with Crippen LogP contribution >= 0.6 is 0 Å². The van der Waals surface area contributed by atoms with Gasteiger partial charge in [-0.2, -0.15) is 18.2 Å². The second-order valence-corrected chi connectivity index (χ2v) is 18.2. The minimum Gasteiger partial charge on any atom is -0.352 e. The van der Waals surface area contributed by atoms with Crippen LogP contribution in [0.15, 0.2) is 139 Å². The summed E-state index contributed by atoms with van der Waals surface area (Å²) in [7, 11) is 0. The van der Waals surface area contributed by atoms with Gasteiger partial charge in [0.1, 0.15) is 0 Å². The van der Waals surface area contributed by atoms with Gasteiger partial charge in [0.2, 0.25) is 0 Å². The molecule has 0 spiro atoms. The summed E-state index contributed by atoms with van der Waals surface area (Å²) >= 11 is 0. The monoisotopic (exact) mass is 910 g/mol. The molecule has 2 aliphatic carbocycles. The van der Waals surface area contributed by atoms with Gasteiger partial charge >= 0.3 is 21.1 Å². The van der Waals surface area contributed by atoms with E-state index in [2.05, 4.69) is 176 Å². The van der Waals surface area contributed by atoms with E-state index in [9.17, 15) is 0 Å². The largest absolute Gasteiger partial charge is 2.00 e. The predicted molar refractivity (Wildman–Crippen MR) is 227 cm³/mol. The number of nitrogens with zero attached hydrogens (tertiary/aromatic N) is 3. The maximum atomic E-state index is 5.20. The van der Waals surface area contributed by atoms with Gasteiger partial charge in [0.15, 0.2) is 0 Å². The van der Waals surface area contributed by atoms with Gasteiger partial charge in [-0.3, -0.25) is 4.98 Å². The van der Waals surface area contributed by atoms with Crippen LogP contribution < -0.4 is 4.90 Å². The fraction of sp³-hybridized carbons (Fsp3) is 0.269. The molecule has 6 aromatic rings. The number of fused-ring (bicyclic) bond motifs is 5. The van der Waals surface area contributed by atoms with E-state index in [1.807, 2.05) is 30.6 Å². The number of rotatable bonds is 4. The van der Waals surface area contributed by atoms with Crippen LogP contribution in [0.25, 0.3) is 16.8 Å². The van der Waals surface area contributed by atoms with E-state index in [1.54, 1.807) is 0 Å². The van der Waals surface area contributed by atoms with Crippen LogP contribution in [-0.2, 0) is 37.3 Å². The summed E-state index contributed by atoms with van der Waals surface area (Å²) in [4.78, 5) is 12.3. The van der Waals surface area contributed by atoms with Gasteiger partial charge in [-0.25, -0.2) is 0 Å². The van der Waals surface area contributed by atoms with E-state index >= 15 is 0 Å². The van der Waals surface area contributed by atoms with Crippen molar-refractivity contribution in [3.05, 3.63) is 191 Å². The van der Waals surface area contributed by atoms with Gasteiger partial charge in [0.05, 0.1) is 11.1 Å². The van der Waals surface area contributed by atoms with E-state index in [1.165, 1.54) is 39.0 Å². The van der Waals surface area contributed by atoms with Crippen molar-refractivity contribution in [3.8, 4) is 11.3 Å². The number of aromatic nitrogens is 2. The molecule has 0 saturated carbocycles. The number of para-hydroxylation sites is 1. The molecule has 0 N–H and O–H groups in total. The first-order valence-electron chi connectivity index (χ1n) is 19.7. The van der Waals surface area contributed by atoms with Crippen molar-refractivity contribution >= 4 is 22.6 Å². The number of anilines is 3. The molecule has 56 heavy (non-hydrogen) atoms. The van der Waals surface area contributed by atoms with Crippen molar-refractivity contribution in [3.63, 3.8) is 0 Å². The zero-order valence-corrected chi connectivity index (χ0v) is 35.9. The van der Waals surface area contributed by atoms with Gasteiger partial charge in [-0.1, -0.05) is 133 Å². The molecule has 2 aromatic heterocycles. The van der Waals surface area contributed by atoms with Crippen molar-refractivity contribution in [2.75, 3.05) is 4.90 Å². The van der Waals surface area contributed by atoms with Crippen molar-refractivity contribution in [2.24, 2.45) is 11.3 Å². The fourth-order valence-corrected chi connectivity index (χ4v) is 9.25. The first-order valence-corrected chi connectivity index (χ1v) is 19.7. The minimum absolute atomic E-state index is 0. The number of pyridine rings is 2. The molecule has 0 bridgehead atoms. The fourth-order valence-electron chi connectivity index (χ4n) is 9.25. The Hall–Kier alpha value is -4.85. The van der Waals surface area contributed by atoms with Gasteiger partial charge in [-0.15, -0.1) is 35.4 Å². The average Bonchev–Trinajstić information content (AvgIpc) is 3.48. The summed E-state index contributed by atoms with van der Waals surface area (Å²) in [6, 6.07) is 47.5. The van der Waals surface area contributed by atoms with Gasteiger partial charge in [0.25, 0.3) is 0 Å². The third-order valence-electron chi connectivity index (χ3n) is 12.4. The van der Waals surface area contributed by atoms with Crippen molar-refractivity contribution < 1.29 is 21.1 Å². The Balaban J connectivity index is 0.00000441. The summed E-state index contributed by atoms with van der Waals surface area (Å²) in [5.41, 5.74) is 15.4. The van der Waals surface area contributed by atoms with Crippen LogP contribution in [-0.4, -0.2) is 9.97 Å². The Morgan fingerprint density at radius 1 is 0.714 bits per heavy atom. The smallest absolute Gasteiger partial charge is 0.352 e. The molecule has 282 valence electrons. The molecular formula is C52H49N3Pt. The summed E-state index contributed by atoms with van der Waals surface area (Å²) in [6.07, 6.45) is 9.87. The molecule has 9 rings (SSSR count). The average molecular weight is 911 g/mol. The summed E-state index contributed by atoms with van der Waals surface area (Å²) < 4.78 is 0. The quantitative estimate of drug-likeness (QED) is 0.165. The number of benzene rings is 4. The summed E-state index contributed by atoms with van der Waals surface area (Å²) in [5.74, 6) is 0.417. The molecule has 0 fully saturated rings. The second-order valence-electron chi connectivity index (χ2n) is 18.2. The molecule has 0 saturated heterocycles. The maximum absolute atomic E-state index is 5.20. The van der Waals surface area contributed by atoms with E-state index in [-0.39, 0.29) is 37.3 Å². The Kier molecular flexibility index (Phi) is 9.28. The zero-order chi connectivity index (χ0) is 38.3. The van der Waals surface area contributed by atoms with Crippen LogP contribution in [0.5, 0.6) is 0 Å². The first-order chi connectivity index (χ1) is 26.3. The van der Waals surface area contributed by atoms with Gasteiger partial charge in [-0.05, 0) is 97.6 Å². The van der Waals surface area contributed by atoms with Crippen molar-refractivity contribution in [2.45, 2.75) is 78.1 Å². The SMILES string of the molecule is CC(C)(C)c1ccc2c(c1)C1=CC(C(C)(C)C)CC=C1C2(c1[c-]c(N2c3[c-]c(-c4ccccn4)ccc3C(C)(C)c3ccccc32)ccc1)c1ccccn1.[Pt+2]. The third-order valence-corrected chi connectivity index (χ3v) is 12.4. The predicted octanol–water partition coefficient (Wildman–Crippen LogP) is 12.9. The molecule has 1 aliphatic heterocycles. The normalized spacial score (nSPS) is 19.4. The third kappa shape index (κ3) is 5.88. The molecule has 0 radical (unpaired) electrons. The molecule has 4 heteroatoms. The van der Waals surface area contributed by atoms with Gasteiger partial charge < -0.3 is 9.88 Å². The molecular weight excluding hydrogens is 862 g/mol. The minimum atomic E-state index is -0.658. The number of hydrogen-bond acceptors (Lipinski definition) is 3. The summed E-state index contributed by atoms with van der Waals surface area (Å²) in [6.45, 7) is 18.7. The van der Waals surface area contributed by atoms with E-state index in [4.69, 9.17) is 9.97 Å². The molecule has 4 aromatic carbocycles. The van der Waals surface area contributed by atoms with E-state index in [0.717, 1.165) is 46.0 Å². The van der Waals surface area contributed by atoms with Crippen LogP contribution in [0.1, 0.15) is 101 Å². The van der Waals surface area contributed by atoms with Gasteiger partial charge in [0, 0.05) is 18.1 Å². The van der Waals surface area contributed by atoms with E-state index in [0.29, 0.717) is 5.92 Å². The Morgan fingerprint density at radius 3 is 2.16 bits per heavy atom. The van der Waals surface area contributed by atoms with Crippen molar-refractivity contribution in [1.82, 2.24) is 9.97 Å². The molecule has 3 heterocycles. The maximum Gasteiger partial charge on any atom is 2.00 e. The van der Waals surface area contributed by atoms with Crippen LogP contribution in [0.3, 0.4) is 0 Å². The Labute approximate surface area is 347 Å². The molecule has 3 nitrogen and oxygen atoms in total. The molecule has 0 amide bonds. The topological polar surface area (TPSA) is 29.0 Å². The van der Waals surface area contributed by atoms with Crippen LogP contribution in [0, 0.1) is 23.5 Å². The van der Waals surface area contributed by atoms with Crippen molar-refractivity contribution in [1.29, 1.82) is 0 Å². The molecule has 3 aliphatic rings. The van der Waals surface area contributed by atoms with Crippen LogP contribution in [0.2, 0.25) is 0 Å². The molecule has 2 unspecified atom stereocenters. The Morgan fingerprint density at radius 2 is 1.45 bits per heavy atom. The zero-order valence-electron chi connectivity index (χ0n) is 33.6. The number of hydrogen-bond donors (Lipinski definition) is 0. The Bertz CT molecular complexity index is 2520. The second kappa shape index (κ2) is 13.7. The molecule has 2 atom stereocenters. The standard InChI is InChI=1S/C52H49N3.Pt/c1-49(2,3)35-23-26-41-39(32-35)40-33-36(50(4,5)6)24-27-42(40)52(41,48-21-12-14-29-54-48)37-16-15-17-38(31-37)55-46-20-10-9-18-43(46)51(7,8)44-25-22-34(30-47(44)55)45-19-11-13-28-53-45;/h9-23,25-29,32-33,36H,24H2,1-8H3;/q-2;+2. The summed E-state index contributed by atoms with van der Waals surface area (Å²) in [5, 5.41) is 0. The van der Waals surface area contributed by atoms with E-state index < -0.39 is 5.41 Å².